The smallest absolute Gasteiger partial charge is 0.293 e. The van der Waals surface area contributed by atoms with E-state index in [1.165, 1.54) is 12.1 Å². The van der Waals surface area contributed by atoms with Gasteiger partial charge in [0, 0.05) is 38.2 Å². The average Bonchev–Trinajstić information content (AvgIpc) is 2.95. The third-order valence-electron chi connectivity index (χ3n) is 3.65. The third-order valence-corrected chi connectivity index (χ3v) is 3.65. The number of likely N-dealkylation sites (tertiary alicyclic amines) is 1. The van der Waals surface area contributed by atoms with Crippen LogP contribution >= 0.6 is 0 Å². The lowest BCUT2D eigenvalue weighted by Crippen LogP contribution is -2.30. The van der Waals surface area contributed by atoms with Crippen molar-refractivity contribution in [2.45, 2.75) is 13.3 Å². The van der Waals surface area contributed by atoms with Crippen LogP contribution in [0.2, 0.25) is 0 Å². The number of nitro groups is 1. The average molecular weight is 293 g/mol. The number of hydrogen-bond donors (Lipinski definition) is 2. The van der Waals surface area contributed by atoms with Gasteiger partial charge in [-0.15, -0.1) is 0 Å². The number of anilines is 1. The molecule has 1 aliphatic heterocycles. The van der Waals surface area contributed by atoms with E-state index in [9.17, 15) is 14.9 Å². The molecule has 0 bridgehead atoms. The molecule has 1 amide bonds. The summed E-state index contributed by atoms with van der Waals surface area (Å²) in [6.45, 7) is 3.42. The Morgan fingerprint density at radius 1 is 1.57 bits per heavy atom. The predicted molar refractivity (Wildman–Crippen MR) is 78.4 cm³/mol. The summed E-state index contributed by atoms with van der Waals surface area (Å²) in [5, 5.41) is 23.2. The SMILES string of the molecule is CCNc1c(C(=O)N2CCC(CO)C2)cccc1[N+](=O)[O-]. The maximum atomic E-state index is 12.6. The fraction of sp³-hybridized carbons (Fsp3) is 0.500. The van der Waals surface area contributed by atoms with Gasteiger partial charge in [-0.05, 0) is 19.4 Å². The minimum absolute atomic E-state index is 0.0543. The summed E-state index contributed by atoms with van der Waals surface area (Å²) >= 11 is 0. The van der Waals surface area contributed by atoms with Crippen molar-refractivity contribution < 1.29 is 14.8 Å². The van der Waals surface area contributed by atoms with Gasteiger partial charge in [-0.25, -0.2) is 0 Å². The van der Waals surface area contributed by atoms with Crippen LogP contribution in [0.25, 0.3) is 0 Å². The molecule has 2 N–H and O–H groups in total. The van der Waals surface area contributed by atoms with Crippen LogP contribution in [0, 0.1) is 16.0 Å². The quantitative estimate of drug-likeness (QED) is 0.633. The number of aliphatic hydroxyl groups is 1. The van der Waals surface area contributed by atoms with Crippen LogP contribution in [-0.2, 0) is 0 Å². The van der Waals surface area contributed by atoms with Crippen LogP contribution in [0.1, 0.15) is 23.7 Å². The standard InChI is InChI=1S/C14H19N3O4/c1-2-15-13-11(4-3-5-12(13)17(20)21)14(19)16-7-6-10(8-16)9-18/h3-5,10,15,18H,2,6-9H2,1H3. The zero-order valence-electron chi connectivity index (χ0n) is 11.9. The lowest BCUT2D eigenvalue weighted by molar-refractivity contribution is -0.384. The van der Waals surface area contributed by atoms with E-state index in [4.69, 9.17) is 5.11 Å². The maximum Gasteiger partial charge on any atom is 0.293 e. The minimum atomic E-state index is -0.491. The van der Waals surface area contributed by atoms with E-state index in [-0.39, 0.29) is 29.8 Å². The number of carbonyl (C=O) groups excluding carboxylic acids is 1. The first kappa shape index (κ1) is 15.2. The number of carbonyl (C=O) groups is 1. The number of aliphatic hydroxyl groups excluding tert-OH is 1. The highest BCUT2D eigenvalue weighted by atomic mass is 16.6. The van der Waals surface area contributed by atoms with E-state index < -0.39 is 4.92 Å². The molecule has 1 atom stereocenters. The largest absolute Gasteiger partial charge is 0.396 e. The molecule has 0 spiro atoms. The number of para-hydroxylation sites is 1. The van der Waals surface area contributed by atoms with Crippen molar-refractivity contribution in [3.63, 3.8) is 0 Å². The summed E-state index contributed by atoms with van der Waals surface area (Å²) < 4.78 is 0. The fourth-order valence-corrected chi connectivity index (χ4v) is 2.57. The van der Waals surface area contributed by atoms with Crippen molar-refractivity contribution in [2.75, 3.05) is 31.6 Å². The summed E-state index contributed by atoms with van der Waals surface area (Å²) in [5.74, 6) is -0.138. The van der Waals surface area contributed by atoms with Crippen LogP contribution in [0.3, 0.4) is 0 Å². The highest BCUT2D eigenvalue weighted by Gasteiger charge is 2.29. The molecule has 114 valence electrons. The molecular weight excluding hydrogens is 274 g/mol. The van der Waals surface area contributed by atoms with E-state index in [0.717, 1.165) is 6.42 Å². The molecule has 0 aliphatic carbocycles. The topological polar surface area (TPSA) is 95.7 Å². The molecule has 0 radical (unpaired) electrons. The van der Waals surface area contributed by atoms with Gasteiger partial charge in [0.15, 0.2) is 0 Å². The predicted octanol–water partition coefficient (Wildman–Crippen LogP) is 1.48. The minimum Gasteiger partial charge on any atom is -0.396 e. The highest BCUT2D eigenvalue weighted by Crippen LogP contribution is 2.30. The van der Waals surface area contributed by atoms with Gasteiger partial charge in [-0.3, -0.25) is 14.9 Å². The maximum absolute atomic E-state index is 12.6. The molecule has 1 unspecified atom stereocenters. The number of hydrogen-bond acceptors (Lipinski definition) is 5. The molecule has 0 aromatic heterocycles. The Kier molecular flexibility index (Phi) is 4.74. The van der Waals surface area contributed by atoms with Gasteiger partial charge in [0.25, 0.3) is 11.6 Å². The number of nitro benzene ring substituents is 1. The first-order chi connectivity index (χ1) is 10.1. The Balaban J connectivity index is 2.32. The molecule has 1 heterocycles. The lowest BCUT2D eigenvalue weighted by atomic mass is 10.1. The molecule has 1 fully saturated rings. The zero-order valence-corrected chi connectivity index (χ0v) is 11.9. The Labute approximate surface area is 122 Å². The number of benzene rings is 1. The second kappa shape index (κ2) is 6.53. The van der Waals surface area contributed by atoms with Crippen molar-refractivity contribution in [2.24, 2.45) is 5.92 Å². The van der Waals surface area contributed by atoms with Gasteiger partial charge in [0.05, 0.1) is 10.5 Å². The van der Waals surface area contributed by atoms with Crippen LogP contribution < -0.4 is 5.32 Å². The van der Waals surface area contributed by atoms with Gasteiger partial charge in [0.1, 0.15) is 5.69 Å². The Bertz CT molecular complexity index is 547. The molecule has 7 heteroatoms. The molecule has 1 saturated heterocycles. The molecule has 7 nitrogen and oxygen atoms in total. The van der Waals surface area contributed by atoms with Crippen molar-refractivity contribution in [1.29, 1.82) is 0 Å². The van der Waals surface area contributed by atoms with Gasteiger partial charge < -0.3 is 15.3 Å². The second-order valence-electron chi connectivity index (χ2n) is 5.08. The first-order valence-electron chi connectivity index (χ1n) is 6.99. The Morgan fingerprint density at radius 2 is 2.33 bits per heavy atom. The van der Waals surface area contributed by atoms with Crippen LogP contribution in [0.15, 0.2) is 18.2 Å². The van der Waals surface area contributed by atoms with E-state index >= 15 is 0 Å². The van der Waals surface area contributed by atoms with E-state index in [1.807, 2.05) is 6.92 Å². The summed E-state index contributed by atoms with van der Waals surface area (Å²) in [4.78, 5) is 24.8. The highest BCUT2D eigenvalue weighted by molar-refractivity contribution is 6.01. The van der Waals surface area contributed by atoms with Gasteiger partial charge in [-0.2, -0.15) is 0 Å². The van der Waals surface area contributed by atoms with Crippen LogP contribution in [0.5, 0.6) is 0 Å². The summed E-state index contributed by atoms with van der Waals surface area (Å²) in [5.41, 5.74) is 0.479. The number of nitrogens with one attached hydrogen (secondary N) is 1. The van der Waals surface area contributed by atoms with Crippen molar-refractivity contribution in [1.82, 2.24) is 4.90 Å². The van der Waals surface area contributed by atoms with Crippen molar-refractivity contribution in [3.8, 4) is 0 Å². The van der Waals surface area contributed by atoms with Crippen LogP contribution in [0.4, 0.5) is 11.4 Å². The molecule has 1 aromatic rings. The molecule has 21 heavy (non-hydrogen) atoms. The fourth-order valence-electron chi connectivity index (χ4n) is 2.57. The molecule has 0 saturated carbocycles. The van der Waals surface area contributed by atoms with Crippen molar-refractivity contribution >= 4 is 17.3 Å². The van der Waals surface area contributed by atoms with E-state index in [1.54, 1.807) is 11.0 Å². The van der Waals surface area contributed by atoms with Crippen LogP contribution in [-0.4, -0.2) is 47.1 Å². The normalized spacial score (nSPS) is 17.8. The van der Waals surface area contributed by atoms with E-state index in [0.29, 0.717) is 25.2 Å². The Morgan fingerprint density at radius 3 is 2.90 bits per heavy atom. The summed E-state index contributed by atoms with van der Waals surface area (Å²) in [6.07, 6.45) is 0.758. The number of nitrogens with zero attached hydrogens (tertiary/aromatic N) is 2. The first-order valence-corrected chi connectivity index (χ1v) is 6.99. The lowest BCUT2D eigenvalue weighted by Gasteiger charge is -2.18. The zero-order chi connectivity index (χ0) is 15.4. The third kappa shape index (κ3) is 3.13. The van der Waals surface area contributed by atoms with Crippen molar-refractivity contribution in [3.05, 3.63) is 33.9 Å². The van der Waals surface area contributed by atoms with Gasteiger partial charge >= 0.3 is 0 Å². The summed E-state index contributed by atoms with van der Waals surface area (Å²) in [6, 6.07) is 4.50. The number of rotatable bonds is 5. The van der Waals surface area contributed by atoms with Gasteiger partial charge in [-0.1, -0.05) is 6.07 Å². The second-order valence-corrected chi connectivity index (χ2v) is 5.08. The molecule has 1 aromatic carbocycles. The molecule has 2 rings (SSSR count). The molecular formula is C14H19N3O4. The number of amides is 1. The summed E-state index contributed by atoms with van der Waals surface area (Å²) in [7, 11) is 0. The van der Waals surface area contributed by atoms with E-state index in [2.05, 4.69) is 5.32 Å². The molecule has 1 aliphatic rings. The Hall–Kier alpha value is -2.15. The van der Waals surface area contributed by atoms with Gasteiger partial charge in [0.2, 0.25) is 0 Å². The monoisotopic (exact) mass is 293 g/mol.